The highest BCUT2D eigenvalue weighted by Gasteiger charge is 2.18. The lowest BCUT2D eigenvalue weighted by atomic mass is 10.2. The molecule has 25 heavy (non-hydrogen) atoms. The first-order chi connectivity index (χ1) is 11.9. The molecule has 0 fully saturated rings. The lowest BCUT2D eigenvalue weighted by Gasteiger charge is -2.24. The molecule has 0 bridgehead atoms. The van der Waals surface area contributed by atoms with Crippen molar-refractivity contribution in [3.63, 3.8) is 0 Å². The largest absolute Gasteiger partial charge is 0.493 e. The second-order valence-electron chi connectivity index (χ2n) is 5.32. The van der Waals surface area contributed by atoms with Gasteiger partial charge in [-0.1, -0.05) is 12.1 Å². The Morgan fingerprint density at radius 1 is 1.32 bits per heavy atom. The molecule has 0 saturated heterocycles. The minimum Gasteiger partial charge on any atom is -0.493 e. The third-order valence-electron chi connectivity index (χ3n) is 3.74. The SMILES string of the molecule is COc1ccc(CNC(=O)N(C)C(C)c2cccs2)cc1OC(F)F. The van der Waals surface area contributed by atoms with Crippen LogP contribution >= 0.6 is 11.3 Å². The number of urea groups is 1. The Balaban J connectivity index is 1.99. The van der Waals surface area contributed by atoms with Gasteiger partial charge in [0.25, 0.3) is 0 Å². The van der Waals surface area contributed by atoms with Crippen LogP contribution in [0.1, 0.15) is 23.4 Å². The number of halogens is 2. The summed E-state index contributed by atoms with van der Waals surface area (Å²) in [5.74, 6) is 0.142. The zero-order valence-corrected chi connectivity index (χ0v) is 15.0. The van der Waals surface area contributed by atoms with Crippen molar-refractivity contribution in [1.82, 2.24) is 10.2 Å². The molecule has 0 aliphatic heterocycles. The van der Waals surface area contributed by atoms with Gasteiger partial charge in [-0.3, -0.25) is 0 Å². The van der Waals surface area contributed by atoms with Crippen LogP contribution in [0.5, 0.6) is 11.5 Å². The summed E-state index contributed by atoms with van der Waals surface area (Å²) in [7, 11) is 3.08. The van der Waals surface area contributed by atoms with Crippen LogP contribution < -0.4 is 14.8 Å². The number of methoxy groups -OCH3 is 1. The third kappa shape index (κ3) is 5.06. The molecule has 0 radical (unpaired) electrons. The van der Waals surface area contributed by atoms with E-state index in [4.69, 9.17) is 4.74 Å². The van der Waals surface area contributed by atoms with Crippen molar-refractivity contribution in [2.75, 3.05) is 14.2 Å². The minimum absolute atomic E-state index is 0.0615. The standard InChI is InChI=1S/C17H20F2N2O3S/c1-11(15-5-4-8-25-15)21(2)17(22)20-10-12-6-7-13(23-3)14(9-12)24-16(18)19/h4-9,11,16H,10H2,1-3H3,(H,20,22). The van der Waals surface area contributed by atoms with Gasteiger partial charge in [-0.15, -0.1) is 11.3 Å². The topological polar surface area (TPSA) is 50.8 Å². The first-order valence-corrected chi connectivity index (χ1v) is 8.46. The number of amides is 2. The Bertz CT molecular complexity index is 695. The van der Waals surface area contributed by atoms with Crippen LogP contribution in [0.15, 0.2) is 35.7 Å². The first kappa shape index (κ1) is 19.0. The van der Waals surface area contributed by atoms with E-state index in [9.17, 15) is 13.6 Å². The maximum Gasteiger partial charge on any atom is 0.387 e. The number of carbonyl (C=O) groups is 1. The highest BCUT2D eigenvalue weighted by atomic mass is 32.1. The van der Waals surface area contributed by atoms with Crippen LogP contribution in [0.3, 0.4) is 0 Å². The molecule has 2 aromatic rings. The average molecular weight is 370 g/mol. The van der Waals surface area contributed by atoms with Gasteiger partial charge in [-0.2, -0.15) is 8.78 Å². The van der Waals surface area contributed by atoms with Gasteiger partial charge in [0.15, 0.2) is 11.5 Å². The van der Waals surface area contributed by atoms with E-state index in [2.05, 4.69) is 10.1 Å². The lowest BCUT2D eigenvalue weighted by Crippen LogP contribution is -2.38. The van der Waals surface area contributed by atoms with Crippen molar-refractivity contribution < 1.29 is 23.0 Å². The van der Waals surface area contributed by atoms with Gasteiger partial charge in [0.1, 0.15) is 0 Å². The zero-order valence-electron chi connectivity index (χ0n) is 14.2. The second-order valence-corrected chi connectivity index (χ2v) is 6.30. The molecular formula is C17H20F2N2O3S. The maximum atomic E-state index is 12.5. The molecule has 1 unspecified atom stereocenters. The van der Waals surface area contributed by atoms with Crippen LogP contribution in [-0.2, 0) is 6.54 Å². The fourth-order valence-corrected chi connectivity index (χ4v) is 3.04. The summed E-state index contributed by atoms with van der Waals surface area (Å²) in [5.41, 5.74) is 0.627. The molecule has 8 heteroatoms. The van der Waals surface area contributed by atoms with E-state index in [0.29, 0.717) is 5.56 Å². The number of alkyl halides is 2. The molecule has 1 aromatic carbocycles. The van der Waals surface area contributed by atoms with Crippen LogP contribution in [0, 0.1) is 0 Å². The number of carbonyl (C=O) groups excluding carboxylic acids is 1. The van der Waals surface area contributed by atoms with E-state index in [1.165, 1.54) is 19.2 Å². The van der Waals surface area contributed by atoms with Crippen molar-refractivity contribution in [2.24, 2.45) is 0 Å². The molecule has 1 heterocycles. The van der Waals surface area contributed by atoms with Gasteiger partial charge in [0, 0.05) is 18.5 Å². The quantitative estimate of drug-likeness (QED) is 0.792. The molecule has 2 rings (SSSR count). The molecule has 1 N–H and O–H groups in total. The number of benzene rings is 1. The minimum atomic E-state index is -2.95. The number of nitrogens with one attached hydrogen (secondary N) is 1. The summed E-state index contributed by atoms with van der Waals surface area (Å²) in [4.78, 5) is 14.9. The predicted octanol–water partition coefficient (Wildman–Crippen LogP) is 4.26. The maximum absolute atomic E-state index is 12.5. The smallest absolute Gasteiger partial charge is 0.387 e. The molecule has 0 aliphatic carbocycles. The number of rotatable bonds is 7. The predicted molar refractivity (Wildman–Crippen MR) is 92.4 cm³/mol. The molecule has 136 valence electrons. The number of thiophene rings is 1. The summed E-state index contributed by atoms with van der Waals surface area (Å²) in [6.45, 7) is -0.825. The summed E-state index contributed by atoms with van der Waals surface area (Å²) >= 11 is 1.58. The Morgan fingerprint density at radius 2 is 2.08 bits per heavy atom. The van der Waals surface area contributed by atoms with Gasteiger partial charge < -0.3 is 19.7 Å². The van der Waals surface area contributed by atoms with Crippen molar-refractivity contribution >= 4 is 17.4 Å². The van der Waals surface area contributed by atoms with Gasteiger partial charge in [-0.05, 0) is 36.1 Å². The molecule has 5 nitrogen and oxygen atoms in total. The highest BCUT2D eigenvalue weighted by Crippen LogP contribution is 2.29. The van der Waals surface area contributed by atoms with E-state index in [1.54, 1.807) is 29.4 Å². The highest BCUT2D eigenvalue weighted by molar-refractivity contribution is 7.10. The van der Waals surface area contributed by atoms with Crippen molar-refractivity contribution in [3.8, 4) is 11.5 Å². The molecule has 0 aliphatic rings. The Hall–Kier alpha value is -2.35. The van der Waals surface area contributed by atoms with E-state index >= 15 is 0 Å². The fraction of sp³-hybridized carbons (Fsp3) is 0.353. The Labute approximate surface area is 149 Å². The van der Waals surface area contributed by atoms with Crippen LogP contribution in [0.4, 0.5) is 13.6 Å². The third-order valence-corrected chi connectivity index (χ3v) is 4.79. The summed E-state index contributed by atoms with van der Waals surface area (Å²) in [6, 6.07) is 8.22. The van der Waals surface area contributed by atoms with Gasteiger partial charge in [0.2, 0.25) is 0 Å². The zero-order chi connectivity index (χ0) is 18.4. The molecule has 1 atom stereocenters. The molecule has 2 amide bonds. The Morgan fingerprint density at radius 3 is 2.68 bits per heavy atom. The van der Waals surface area contributed by atoms with E-state index in [0.717, 1.165) is 4.88 Å². The molecular weight excluding hydrogens is 350 g/mol. The number of nitrogens with zero attached hydrogens (tertiary/aromatic N) is 1. The van der Waals surface area contributed by atoms with Crippen molar-refractivity contribution in [1.29, 1.82) is 0 Å². The van der Waals surface area contributed by atoms with Crippen molar-refractivity contribution in [3.05, 3.63) is 46.2 Å². The summed E-state index contributed by atoms with van der Waals surface area (Å²) in [6.07, 6.45) is 0. The summed E-state index contributed by atoms with van der Waals surface area (Å²) in [5, 5.41) is 4.73. The Kier molecular flexibility index (Phi) is 6.58. The monoisotopic (exact) mass is 370 g/mol. The number of hydrogen-bond acceptors (Lipinski definition) is 4. The normalized spacial score (nSPS) is 11.9. The van der Waals surface area contributed by atoms with E-state index in [1.807, 2.05) is 24.4 Å². The van der Waals surface area contributed by atoms with Crippen LogP contribution in [0.2, 0.25) is 0 Å². The molecule has 0 saturated carbocycles. The van der Waals surface area contributed by atoms with E-state index < -0.39 is 6.61 Å². The number of hydrogen-bond donors (Lipinski definition) is 1. The molecule has 1 aromatic heterocycles. The van der Waals surface area contributed by atoms with Crippen LogP contribution in [0.25, 0.3) is 0 Å². The van der Waals surface area contributed by atoms with E-state index in [-0.39, 0.29) is 30.1 Å². The van der Waals surface area contributed by atoms with Crippen LogP contribution in [-0.4, -0.2) is 31.7 Å². The van der Waals surface area contributed by atoms with Crippen molar-refractivity contribution in [2.45, 2.75) is 26.1 Å². The second kappa shape index (κ2) is 8.66. The first-order valence-electron chi connectivity index (χ1n) is 7.58. The average Bonchev–Trinajstić information content (AvgIpc) is 3.12. The summed E-state index contributed by atoms with van der Waals surface area (Å²) < 4.78 is 34.3. The van der Waals surface area contributed by atoms with Gasteiger partial charge in [-0.25, -0.2) is 4.79 Å². The number of ether oxygens (including phenoxy) is 2. The molecule has 0 spiro atoms. The lowest BCUT2D eigenvalue weighted by molar-refractivity contribution is -0.0512. The van der Waals surface area contributed by atoms with Gasteiger partial charge >= 0.3 is 12.6 Å². The fourth-order valence-electron chi connectivity index (χ4n) is 2.22. The van der Waals surface area contributed by atoms with Gasteiger partial charge in [0.05, 0.1) is 13.2 Å².